The van der Waals surface area contributed by atoms with Crippen molar-refractivity contribution >= 4 is 5.91 Å². The average Bonchev–Trinajstić information content (AvgIpc) is 3.69. The van der Waals surface area contributed by atoms with Crippen molar-refractivity contribution < 1.29 is 64.6 Å². The minimum atomic E-state index is -1.79. The molecule has 0 spiro atoms. The molecule has 2 aliphatic rings. The number of nitrogens with one attached hydrogen (secondary N) is 1. The highest BCUT2D eigenvalue weighted by Gasteiger charge is 2.51. The van der Waals surface area contributed by atoms with Gasteiger partial charge in [0.1, 0.15) is 48.8 Å². The minimum absolute atomic E-state index is 0.246. The van der Waals surface area contributed by atoms with Gasteiger partial charge in [0.2, 0.25) is 5.91 Å². The molecule has 494 valence electrons. The summed E-state index contributed by atoms with van der Waals surface area (Å²) in [6, 6.07) is -0.858. The van der Waals surface area contributed by atoms with Gasteiger partial charge in [-0.15, -0.1) is 0 Å². The van der Waals surface area contributed by atoms with Gasteiger partial charge in [0, 0.05) is 6.42 Å². The lowest BCUT2D eigenvalue weighted by Gasteiger charge is -2.46. The molecule has 2 heterocycles. The van der Waals surface area contributed by atoms with Crippen LogP contribution in [0.4, 0.5) is 0 Å². The third-order valence-electron chi connectivity index (χ3n) is 16.7. The van der Waals surface area contributed by atoms with Crippen molar-refractivity contribution in [3.63, 3.8) is 0 Å². The van der Waals surface area contributed by atoms with Gasteiger partial charge in [-0.3, -0.25) is 4.79 Å². The van der Waals surface area contributed by atoms with Crippen molar-refractivity contribution in [3.8, 4) is 0 Å². The molecule has 0 radical (unpaired) electrons. The van der Waals surface area contributed by atoms with E-state index in [1.165, 1.54) is 167 Å². The summed E-state index contributed by atoms with van der Waals surface area (Å²) in [5, 5.41) is 87.5. The number of hydrogen-bond acceptors (Lipinski definition) is 13. The molecule has 2 aliphatic heterocycles. The van der Waals surface area contributed by atoms with E-state index in [1.807, 2.05) is 0 Å². The summed E-state index contributed by atoms with van der Waals surface area (Å²) >= 11 is 0. The predicted molar refractivity (Wildman–Crippen MR) is 346 cm³/mol. The first-order valence-electron chi connectivity index (χ1n) is 34.7. The van der Waals surface area contributed by atoms with Crippen molar-refractivity contribution in [2.75, 3.05) is 19.8 Å². The van der Waals surface area contributed by atoms with E-state index in [2.05, 4.69) is 92.1 Å². The maximum absolute atomic E-state index is 13.3. The summed E-state index contributed by atoms with van der Waals surface area (Å²) in [6.07, 6.45) is 57.8. The standard InChI is InChI=1S/C71H127NO13/c1-3-5-7-9-11-13-15-17-19-21-23-25-26-27-28-29-30-31-32-33-35-36-38-40-42-44-46-48-50-52-54-60(75)59(58-82-70-68(81)66(79)69(62(57-74)84-70)85-71-67(80)65(78)64(77)61(56-73)83-71)72-63(76)55-53-51-49-47-45-43-41-39-37-34-24-22-20-18-16-14-12-10-8-6-4-2/h6,8,12,14,18,20,24,34,39,41,45,47,59-62,64-71,73-75,77-81H,3-5,7,9-11,13,15-17,19,21-23,25-33,35-38,40,42-44,46,48-58H2,1-2H3,(H,72,76)/b8-6-,14-12-,20-18-,34-24-,41-39-,47-45-. The second-order valence-corrected chi connectivity index (χ2v) is 24.3. The smallest absolute Gasteiger partial charge is 0.220 e. The van der Waals surface area contributed by atoms with Crippen LogP contribution >= 0.6 is 0 Å². The molecule has 12 unspecified atom stereocenters. The zero-order valence-corrected chi connectivity index (χ0v) is 53.6. The number of ether oxygens (including phenoxy) is 4. The van der Waals surface area contributed by atoms with Crippen LogP contribution in [0.1, 0.15) is 277 Å². The van der Waals surface area contributed by atoms with Crippen LogP contribution in [-0.4, -0.2) is 140 Å². The van der Waals surface area contributed by atoms with Crippen LogP contribution in [0, 0.1) is 0 Å². The molecule has 0 saturated carbocycles. The van der Waals surface area contributed by atoms with Gasteiger partial charge in [-0.05, 0) is 64.2 Å². The Bertz CT molecular complexity index is 1700. The highest BCUT2D eigenvalue weighted by molar-refractivity contribution is 5.76. The molecule has 2 rings (SSSR count). The molecule has 0 aromatic heterocycles. The van der Waals surface area contributed by atoms with E-state index in [4.69, 9.17) is 18.9 Å². The maximum atomic E-state index is 13.3. The first-order chi connectivity index (χ1) is 41.6. The lowest BCUT2D eigenvalue weighted by Crippen LogP contribution is -2.65. The van der Waals surface area contributed by atoms with E-state index < -0.39 is 86.8 Å². The zero-order valence-electron chi connectivity index (χ0n) is 53.6. The Hall–Kier alpha value is -2.57. The van der Waals surface area contributed by atoms with E-state index in [-0.39, 0.29) is 18.9 Å². The lowest BCUT2D eigenvalue weighted by atomic mass is 9.97. The molecule has 2 saturated heterocycles. The van der Waals surface area contributed by atoms with E-state index in [9.17, 15) is 45.6 Å². The van der Waals surface area contributed by atoms with Crippen molar-refractivity contribution in [1.29, 1.82) is 0 Å². The zero-order chi connectivity index (χ0) is 61.6. The van der Waals surface area contributed by atoms with Crippen molar-refractivity contribution in [2.24, 2.45) is 0 Å². The summed E-state index contributed by atoms with van der Waals surface area (Å²) in [5.74, 6) is -0.248. The first kappa shape index (κ1) is 78.5. The Morgan fingerprint density at radius 3 is 1.22 bits per heavy atom. The van der Waals surface area contributed by atoms with Gasteiger partial charge in [0.25, 0.3) is 0 Å². The van der Waals surface area contributed by atoms with Gasteiger partial charge >= 0.3 is 0 Å². The molecule has 2 fully saturated rings. The van der Waals surface area contributed by atoms with E-state index in [1.54, 1.807) is 0 Å². The number of carbonyl (C=O) groups is 1. The lowest BCUT2D eigenvalue weighted by molar-refractivity contribution is -0.359. The fraction of sp³-hybridized carbons (Fsp3) is 0.817. The molecule has 85 heavy (non-hydrogen) atoms. The monoisotopic (exact) mass is 1200 g/mol. The summed E-state index contributed by atoms with van der Waals surface area (Å²) in [7, 11) is 0. The fourth-order valence-electron chi connectivity index (χ4n) is 11.2. The number of carbonyl (C=O) groups excluding carboxylic acids is 1. The average molecular weight is 1200 g/mol. The van der Waals surface area contributed by atoms with Crippen LogP contribution in [0.25, 0.3) is 0 Å². The maximum Gasteiger partial charge on any atom is 0.220 e. The normalized spacial score (nSPS) is 24.0. The molecule has 0 aromatic rings. The van der Waals surface area contributed by atoms with Gasteiger partial charge in [-0.2, -0.15) is 0 Å². The van der Waals surface area contributed by atoms with Crippen LogP contribution in [0.5, 0.6) is 0 Å². The number of aliphatic hydroxyl groups is 8. The van der Waals surface area contributed by atoms with Gasteiger partial charge < -0.3 is 65.1 Å². The Balaban J connectivity index is 1.68. The Morgan fingerprint density at radius 2 is 0.812 bits per heavy atom. The molecule has 14 heteroatoms. The van der Waals surface area contributed by atoms with Gasteiger partial charge in [-0.25, -0.2) is 0 Å². The van der Waals surface area contributed by atoms with Crippen LogP contribution in [0.2, 0.25) is 0 Å². The molecule has 9 N–H and O–H groups in total. The largest absolute Gasteiger partial charge is 0.394 e. The topological polar surface area (TPSA) is 228 Å². The third kappa shape index (κ3) is 39.9. The summed E-state index contributed by atoms with van der Waals surface area (Å²) in [5.41, 5.74) is 0. The van der Waals surface area contributed by atoms with Gasteiger partial charge in [0.05, 0.1) is 32.0 Å². The second kappa shape index (κ2) is 55.5. The SMILES string of the molecule is CC/C=C\C/C=C\C/C=C\C/C=C\C/C=C\C/C=C\CCCCC(=O)NC(COC1OC(CO)C(OC2OC(CO)C(O)C(O)C2O)C(O)C1O)C(O)CCCCCCCCCCCCCCCCCCCCCCCCCCCCCCCC. The number of rotatable bonds is 56. The molecule has 0 aromatic carbocycles. The number of aliphatic hydroxyl groups excluding tert-OH is 8. The molecular formula is C71H127NO13. The van der Waals surface area contributed by atoms with Crippen LogP contribution in [-0.2, 0) is 23.7 Å². The molecule has 12 atom stereocenters. The number of unbranched alkanes of at least 4 members (excludes halogenated alkanes) is 31. The fourth-order valence-corrected chi connectivity index (χ4v) is 11.2. The first-order valence-corrected chi connectivity index (χ1v) is 34.7. The van der Waals surface area contributed by atoms with E-state index >= 15 is 0 Å². The number of hydrogen-bond donors (Lipinski definition) is 9. The molecule has 0 bridgehead atoms. The van der Waals surface area contributed by atoms with Crippen molar-refractivity contribution in [1.82, 2.24) is 5.32 Å². The van der Waals surface area contributed by atoms with E-state index in [0.717, 1.165) is 77.0 Å². The highest BCUT2D eigenvalue weighted by Crippen LogP contribution is 2.30. The van der Waals surface area contributed by atoms with Gasteiger partial charge in [-0.1, -0.05) is 279 Å². The molecular weight excluding hydrogens is 1070 g/mol. The summed E-state index contributed by atoms with van der Waals surface area (Å²) in [6.45, 7) is 2.74. The van der Waals surface area contributed by atoms with Gasteiger partial charge in [0.15, 0.2) is 12.6 Å². The number of amides is 1. The summed E-state index contributed by atoms with van der Waals surface area (Å²) in [4.78, 5) is 13.3. The van der Waals surface area contributed by atoms with Crippen LogP contribution in [0.15, 0.2) is 72.9 Å². The Morgan fingerprint density at radius 1 is 0.435 bits per heavy atom. The summed E-state index contributed by atoms with van der Waals surface area (Å²) < 4.78 is 22.9. The van der Waals surface area contributed by atoms with Crippen LogP contribution in [0.3, 0.4) is 0 Å². The second-order valence-electron chi connectivity index (χ2n) is 24.3. The van der Waals surface area contributed by atoms with Crippen LogP contribution < -0.4 is 5.32 Å². The molecule has 1 amide bonds. The third-order valence-corrected chi connectivity index (χ3v) is 16.7. The predicted octanol–water partition coefficient (Wildman–Crippen LogP) is 13.8. The quantitative estimate of drug-likeness (QED) is 0.0204. The highest BCUT2D eigenvalue weighted by atomic mass is 16.7. The Kier molecular flexibility index (Phi) is 51.3. The molecule has 0 aliphatic carbocycles. The molecule has 14 nitrogen and oxygen atoms in total. The van der Waals surface area contributed by atoms with Crippen molar-refractivity contribution in [2.45, 2.75) is 351 Å². The minimum Gasteiger partial charge on any atom is -0.394 e. The van der Waals surface area contributed by atoms with E-state index in [0.29, 0.717) is 12.8 Å². The Labute approximate surface area is 517 Å². The van der Waals surface area contributed by atoms with Crippen molar-refractivity contribution in [3.05, 3.63) is 72.9 Å². The number of allylic oxidation sites excluding steroid dienone is 12.